The fraction of sp³-hybridized carbons (Fsp3) is 0.143. The van der Waals surface area contributed by atoms with E-state index in [0.717, 1.165) is 11.3 Å². The Morgan fingerprint density at radius 1 is 1.13 bits per heavy atom. The van der Waals surface area contributed by atoms with Crippen LogP contribution in [0.25, 0.3) is 0 Å². The topological polar surface area (TPSA) is 118 Å². The van der Waals surface area contributed by atoms with Crippen LogP contribution in [-0.2, 0) is 14.8 Å². The first kappa shape index (κ1) is 17.1. The summed E-state index contributed by atoms with van der Waals surface area (Å²) in [4.78, 5) is 22.7. The quantitative estimate of drug-likeness (QED) is 0.692. The Kier molecular flexibility index (Phi) is 5.48. The van der Waals surface area contributed by atoms with E-state index in [4.69, 9.17) is 5.73 Å². The maximum Gasteiger partial charge on any atom is 0.250 e. The van der Waals surface area contributed by atoms with Gasteiger partial charge in [-0.15, -0.1) is 11.3 Å². The van der Waals surface area contributed by atoms with Crippen LogP contribution >= 0.6 is 11.3 Å². The second-order valence-electron chi connectivity index (χ2n) is 4.57. The lowest BCUT2D eigenvalue weighted by Gasteiger charge is -2.07. The standard InChI is InChI=1S/C14H15N3O4S2/c15-14(19)10-3-5-11(6-4-10)17-12(18)7-8-16-23(20,21)13-2-1-9-22-13/h1-6,9,16H,7-8H2,(H2,15,19)(H,17,18). The van der Waals surface area contributed by atoms with Gasteiger partial charge in [0.25, 0.3) is 0 Å². The van der Waals surface area contributed by atoms with Gasteiger partial charge >= 0.3 is 0 Å². The number of rotatable bonds is 7. The second-order valence-corrected chi connectivity index (χ2v) is 7.51. The molecule has 0 saturated heterocycles. The van der Waals surface area contributed by atoms with E-state index in [0.29, 0.717) is 11.3 Å². The van der Waals surface area contributed by atoms with Gasteiger partial charge in [-0.1, -0.05) is 6.07 Å². The third kappa shape index (κ3) is 4.88. The van der Waals surface area contributed by atoms with Crippen LogP contribution in [0.15, 0.2) is 46.0 Å². The predicted molar refractivity (Wildman–Crippen MR) is 87.7 cm³/mol. The van der Waals surface area contributed by atoms with Gasteiger partial charge in [-0.05, 0) is 35.7 Å². The fourth-order valence-electron chi connectivity index (χ4n) is 1.73. The van der Waals surface area contributed by atoms with Crippen LogP contribution in [0.1, 0.15) is 16.8 Å². The number of benzene rings is 1. The largest absolute Gasteiger partial charge is 0.366 e. The first-order chi connectivity index (χ1) is 10.9. The number of carbonyl (C=O) groups excluding carboxylic acids is 2. The zero-order valence-corrected chi connectivity index (χ0v) is 13.6. The van der Waals surface area contributed by atoms with Gasteiger partial charge < -0.3 is 11.1 Å². The Morgan fingerprint density at radius 2 is 1.83 bits per heavy atom. The van der Waals surface area contributed by atoms with Gasteiger partial charge in [0.1, 0.15) is 4.21 Å². The lowest BCUT2D eigenvalue weighted by atomic mass is 10.2. The molecule has 0 aliphatic carbocycles. The highest BCUT2D eigenvalue weighted by atomic mass is 32.2. The molecule has 0 atom stereocenters. The van der Waals surface area contributed by atoms with Crippen molar-refractivity contribution in [2.24, 2.45) is 5.73 Å². The summed E-state index contributed by atoms with van der Waals surface area (Å²) in [7, 11) is -3.56. The Labute approximate surface area is 137 Å². The van der Waals surface area contributed by atoms with Crippen molar-refractivity contribution in [2.75, 3.05) is 11.9 Å². The highest BCUT2D eigenvalue weighted by molar-refractivity contribution is 7.91. The molecular formula is C14H15N3O4S2. The van der Waals surface area contributed by atoms with E-state index in [9.17, 15) is 18.0 Å². The minimum atomic E-state index is -3.56. The lowest BCUT2D eigenvalue weighted by Crippen LogP contribution is -2.27. The van der Waals surface area contributed by atoms with E-state index in [1.807, 2.05) is 0 Å². The Bertz CT molecular complexity index is 784. The predicted octanol–water partition coefficient (Wildman–Crippen LogP) is 1.15. The van der Waals surface area contributed by atoms with Crippen LogP contribution in [0.4, 0.5) is 5.69 Å². The molecule has 9 heteroatoms. The Morgan fingerprint density at radius 3 is 2.39 bits per heavy atom. The van der Waals surface area contributed by atoms with Gasteiger partial charge in [0.15, 0.2) is 0 Å². The second kappa shape index (κ2) is 7.36. The molecule has 7 nitrogen and oxygen atoms in total. The van der Waals surface area contributed by atoms with Gasteiger partial charge in [-0.2, -0.15) is 0 Å². The van der Waals surface area contributed by atoms with Gasteiger partial charge in [-0.25, -0.2) is 13.1 Å². The molecule has 0 aliphatic rings. The monoisotopic (exact) mass is 353 g/mol. The summed E-state index contributed by atoms with van der Waals surface area (Å²) in [5.74, 6) is -0.892. The molecule has 1 heterocycles. The number of amides is 2. The number of nitrogens with two attached hydrogens (primary N) is 1. The molecule has 4 N–H and O–H groups in total. The first-order valence-electron chi connectivity index (χ1n) is 6.61. The summed E-state index contributed by atoms with van der Waals surface area (Å²) in [5, 5.41) is 4.27. The smallest absolute Gasteiger partial charge is 0.250 e. The fourth-order valence-corrected chi connectivity index (χ4v) is 3.80. The van der Waals surface area contributed by atoms with Crippen molar-refractivity contribution >= 4 is 38.9 Å². The molecule has 0 unspecified atom stereocenters. The normalized spacial score (nSPS) is 11.1. The first-order valence-corrected chi connectivity index (χ1v) is 8.97. The number of anilines is 1. The maximum atomic E-state index is 11.9. The van der Waals surface area contributed by atoms with E-state index < -0.39 is 15.9 Å². The molecule has 0 spiro atoms. The summed E-state index contributed by atoms with van der Waals surface area (Å²) >= 11 is 1.11. The van der Waals surface area contributed by atoms with Crippen molar-refractivity contribution in [3.8, 4) is 0 Å². The number of thiophene rings is 1. The van der Waals surface area contributed by atoms with Gasteiger partial charge in [0.05, 0.1) is 0 Å². The molecule has 23 heavy (non-hydrogen) atoms. The third-order valence-electron chi connectivity index (χ3n) is 2.86. The third-order valence-corrected chi connectivity index (χ3v) is 5.72. The van der Waals surface area contributed by atoms with E-state index >= 15 is 0 Å². The molecular weight excluding hydrogens is 338 g/mol. The summed E-state index contributed by atoms with van der Waals surface area (Å²) in [6.45, 7) is -0.00850. The van der Waals surface area contributed by atoms with E-state index in [1.165, 1.54) is 18.2 Å². The van der Waals surface area contributed by atoms with Crippen molar-refractivity contribution in [1.29, 1.82) is 0 Å². The van der Waals surface area contributed by atoms with Crippen molar-refractivity contribution in [2.45, 2.75) is 10.6 Å². The van der Waals surface area contributed by atoms with E-state index in [1.54, 1.807) is 23.6 Å². The highest BCUT2D eigenvalue weighted by Crippen LogP contribution is 2.15. The number of sulfonamides is 1. The number of carbonyl (C=O) groups is 2. The van der Waals surface area contributed by atoms with E-state index in [-0.39, 0.29) is 23.1 Å². The molecule has 0 fully saturated rings. The van der Waals surface area contributed by atoms with Crippen molar-refractivity contribution < 1.29 is 18.0 Å². The van der Waals surface area contributed by atoms with Crippen LogP contribution in [0.2, 0.25) is 0 Å². The van der Waals surface area contributed by atoms with Crippen molar-refractivity contribution in [1.82, 2.24) is 4.72 Å². The Balaban J connectivity index is 1.82. The molecule has 0 saturated carbocycles. The van der Waals surface area contributed by atoms with Gasteiger partial charge in [0, 0.05) is 24.2 Å². The molecule has 2 rings (SSSR count). The summed E-state index contributed by atoms with van der Waals surface area (Å²) in [5.41, 5.74) is 5.96. The van der Waals surface area contributed by atoms with E-state index in [2.05, 4.69) is 10.0 Å². The minimum absolute atomic E-state index is 0.00850. The molecule has 2 aromatic rings. The molecule has 1 aromatic carbocycles. The average Bonchev–Trinajstić information content (AvgIpc) is 3.02. The summed E-state index contributed by atoms with van der Waals surface area (Å²) < 4.78 is 26.3. The van der Waals surface area contributed by atoms with Gasteiger partial charge in [-0.3, -0.25) is 9.59 Å². The van der Waals surface area contributed by atoms with Crippen LogP contribution in [0.5, 0.6) is 0 Å². The molecule has 1 aromatic heterocycles. The molecule has 0 bridgehead atoms. The molecule has 2 amide bonds. The number of hydrogen-bond acceptors (Lipinski definition) is 5. The number of hydrogen-bond donors (Lipinski definition) is 3. The van der Waals surface area contributed by atoms with Crippen LogP contribution in [-0.4, -0.2) is 26.8 Å². The van der Waals surface area contributed by atoms with Crippen molar-refractivity contribution in [3.05, 3.63) is 47.3 Å². The highest BCUT2D eigenvalue weighted by Gasteiger charge is 2.14. The molecule has 122 valence electrons. The Hall–Kier alpha value is -2.23. The summed E-state index contributed by atoms with van der Waals surface area (Å²) in [6, 6.07) is 9.23. The van der Waals surface area contributed by atoms with Crippen LogP contribution < -0.4 is 15.8 Å². The zero-order valence-electron chi connectivity index (χ0n) is 12.0. The molecule has 0 radical (unpaired) electrons. The molecule has 0 aliphatic heterocycles. The van der Waals surface area contributed by atoms with Crippen LogP contribution in [0.3, 0.4) is 0 Å². The maximum absolute atomic E-state index is 11.9. The zero-order chi connectivity index (χ0) is 16.9. The number of nitrogens with one attached hydrogen (secondary N) is 2. The van der Waals surface area contributed by atoms with Crippen molar-refractivity contribution in [3.63, 3.8) is 0 Å². The lowest BCUT2D eigenvalue weighted by molar-refractivity contribution is -0.116. The van der Waals surface area contributed by atoms with Gasteiger partial charge in [0.2, 0.25) is 21.8 Å². The number of primary amides is 1. The SMILES string of the molecule is NC(=O)c1ccc(NC(=O)CCNS(=O)(=O)c2cccs2)cc1. The van der Waals surface area contributed by atoms with Crippen LogP contribution in [0, 0.1) is 0 Å². The average molecular weight is 353 g/mol. The summed E-state index contributed by atoms with van der Waals surface area (Å²) in [6.07, 6.45) is -0.0117. The minimum Gasteiger partial charge on any atom is -0.366 e.